The van der Waals surface area contributed by atoms with E-state index in [1.54, 1.807) is 25.1 Å². The molecule has 0 unspecified atom stereocenters. The molecule has 0 radical (unpaired) electrons. The largest absolute Gasteiger partial charge is 0.743 e. The highest BCUT2D eigenvalue weighted by Crippen LogP contribution is 2.09. The lowest BCUT2D eigenvalue weighted by atomic mass is 10.1. The molecule has 0 heterocycles. The van der Waals surface area contributed by atoms with Crippen LogP contribution in [0.4, 0.5) is 0 Å². The summed E-state index contributed by atoms with van der Waals surface area (Å²) < 4.78 is 4.07. The molecule has 3 N–H and O–H groups in total. The van der Waals surface area contributed by atoms with Gasteiger partial charge in [-0.3, -0.25) is 0 Å². The van der Waals surface area contributed by atoms with Crippen LogP contribution in [0.3, 0.4) is 0 Å². The van der Waals surface area contributed by atoms with Crippen LogP contribution in [0, 0.1) is 6.92 Å². The van der Waals surface area contributed by atoms with Crippen LogP contribution in [-0.4, -0.2) is 29.4 Å². The van der Waals surface area contributed by atoms with Crippen molar-refractivity contribution >= 4 is 15.0 Å². The highest BCUT2D eigenvalue weighted by Gasteiger charge is 2.36. The van der Waals surface area contributed by atoms with E-state index in [2.05, 4.69) is 4.43 Å². The second kappa shape index (κ2) is 3.89. The molecule has 0 atom stereocenters. The maximum absolute atomic E-state index is 11.2. The molecule has 0 aliphatic rings. The van der Waals surface area contributed by atoms with Crippen molar-refractivity contribution in [3.05, 3.63) is 35.4 Å². The van der Waals surface area contributed by atoms with Crippen LogP contribution in [0.2, 0.25) is 0 Å². The summed E-state index contributed by atoms with van der Waals surface area (Å²) in [5.74, 6) is -0.942. The highest BCUT2D eigenvalue weighted by atomic mass is 28.4. The minimum Gasteiger partial charge on any atom is -0.448 e. The van der Waals surface area contributed by atoms with E-state index in [1.165, 1.54) is 6.07 Å². The molecule has 5 nitrogen and oxygen atoms in total. The van der Waals surface area contributed by atoms with Crippen molar-refractivity contribution in [3.63, 3.8) is 0 Å². The average Bonchev–Trinajstić information content (AvgIpc) is 2.01. The smallest absolute Gasteiger partial charge is 0.448 e. The lowest BCUT2D eigenvalue weighted by Gasteiger charge is -2.10. The van der Waals surface area contributed by atoms with Crippen LogP contribution >= 0.6 is 0 Å². The summed E-state index contributed by atoms with van der Waals surface area (Å²) in [4.78, 5) is 36.9. The van der Waals surface area contributed by atoms with Crippen molar-refractivity contribution in [2.75, 3.05) is 0 Å². The van der Waals surface area contributed by atoms with Crippen LogP contribution < -0.4 is 0 Å². The fourth-order valence-corrected chi connectivity index (χ4v) is 1.34. The second-order valence-corrected chi connectivity index (χ2v) is 4.13. The molecule has 0 saturated carbocycles. The lowest BCUT2D eigenvalue weighted by molar-refractivity contribution is 0.0400. The molecule has 6 heteroatoms. The predicted octanol–water partition coefficient (Wildman–Crippen LogP) is -0.436. The van der Waals surface area contributed by atoms with Gasteiger partial charge in [0.1, 0.15) is 0 Å². The van der Waals surface area contributed by atoms with Crippen LogP contribution in [0.1, 0.15) is 15.9 Å². The Bertz CT molecular complexity index is 344. The fraction of sp³-hybridized carbons (Fsp3) is 0.125. The summed E-state index contributed by atoms with van der Waals surface area (Å²) in [6.45, 7) is 1.67. The molecule has 0 saturated heterocycles. The quantitative estimate of drug-likeness (QED) is 0.581. The Morgan fingerprint density at radius 3 is 2.36 bits per heavy atom. The number of hydrogen-bond donors (Lipinski definition) is 3. The third-order valence-electron chi connectivity index (χ3n) is 1.59. The zero-order valence-electron chi connectivity index (χ0n) is 7.47. The number of benzene rings is 1. The maximum atomic E-state index is 11.2. The first-order valence-electron chi connectivity index (χ1n) is 3.86. The first kappa shape index (κ1) is 10.9. The van der Waals surface area contributed by atoms with Crippen LogP contribution in [0.5, 0.6) is 0 Å². The van der Waals surface area contributed by atoms with Crippen molar-refractivity contribution in [1.82, 2.24) is 0 Å². The van der Waals surface area contributed by atoms with Crippen molar-refractivity contribution in [2.45, 2.75) is 6.92 Å². The van der Waals surface area contributed by atoms with Crippen LogP contribution in [0.15, 0.2) is 24.3 Å². The minimum atomic E-state index is -4.78. The van der Waals surface area contributed by atoms with Gasteiger partial charge in [0, 0.05) is 0 Å². The molecule has 14 heavy (non-hydrogen) atoms. The van der Waals surface area contributed by atoms with Gasteiger partial charge in [0.05, 0.1) is 5.56 Å². The van der Waals surface area contributed by atoms with Gasteiger partial charge >= 0.3 is 15.0 Å². The van der Waals surface area contributed by atoms with E-state index in [0.717, 1.165) is 0 Å². The summed E-state index contributed by atoms with van der Waals surface area (Å²) in [7, 11) is -4.78. The van der Waals surface area contributed by atoms with E-state index in [-0.39, 0.29) is 5.56 Å². The normalized spacial score (nSPS) is 11.1. The molecule has 76 valence electrons. The lowest BCUT2D eigenvalue weighted by Crippen LogP contribution is -2.41. The van der Waals surface area contributed by atoms with Crippen molar-refractivity contribution in [1.29, 1.82) is 0 Å². The van der Waals surface area contributed by atoms with Gasteiger partial charge in [-0.2, -0.15) is 0 Å². The molecule has 0 aromatic heterocycles. The Morgan fingerprint density at radius 2 is 1.86 bits per heavy atom. The zero-order valence-corrected chi connectivity index (χ0v) is 8.47. The molecule has 1 rings (SSSR count). The number of rotatable bonds is 2. The van der Waals surface area contributed by atoms with Crippen molar-refractivity contribution in [2.24, 2.45) is 0 Å². The molecule has 0 aliphatic heterocycles. The summed E-state index contributed by atoms with van der Waals surface area (Å²) in [5, 5.41) is 0. The van der Waals surface area contributed by atoms with E-state index >= 15 is 0 Å². The fourth-order valence-electron chi connectivity index (χ4n) is 0.981. The Morgan fingerprint density at radius 1 is 1.29 bits per heavy atom. The van der Waals surface area contributed by atoms with E-state index in [4.69, 9.17) is 14.4 Å². The van der Waals surface area contributed by atoms with Gasteiger partial charge in [0.2, 0.25) is 0 Å². The van der Waals surface area contributed by atoms with E-state index in [1.807, 2.05) is 0 Å². The van der Waals surface area contributed by atoms with E-state index in [0.29, 0.717) is 5.56 Å². The third-order valence-corrected chi connectivity index (χ3v) is 2.05. The summed E-state index contributed by atoms with van der Waals surface area (Å²) in [6, 6.07) is 6.48. The first-order chi connectivity index (χ1) is 6.40. The summed E-state index contributed by atoms with van der Waals surface area (Å²) >= 11 is 0. The number of aryl methyl sites for hydroxylation is 1. The number of hydrogen-bond acceptors (Lipinski definition) is 5. The monoisotopic (exact) mass is 214 g/mol. The summed E-state index contributed by atoms with van der Waals surface area (Å²) in [6.07, 6.45) is 0. The number of carbonyl (C=O) groups is 1. The zero-order chi connectivity index (χ0) is 10.8. The van der Waals surface area contributed by atoms with Gasteiger partial charge in [-0.15, -0.1) is 0 Å². The first-order valence-corrected chi connectivity index (χ1v) is 5.61. The topological polar surface area (TPSA) is 87.0 Å². The molecule has 1 aromatic carbocycles. The van der Waals surface area contributed by atoms with Gasteiger partial charge in [-0.05, 0) is 18.6 Å². The molecule has 0 fully saturated rings. The Balaban J connectivity index is 2.86. The van der Waals surface area contributed by atoms with Gasteiger partial charge in [0.25, 0.3) is 0 Å². The van der Waals surface area contributed by atoms with Gasteiger partial charge in [0.15, 0.2) is 0 Å². The minimum absolute atomic E-state index is 0.196. The Hall–Kier alpha value is -1.21. The van der Waals surface area contributed by atoms with Gasteiger partial charge in [-0.25, -0.2) is 4.79 Å². The maximum Gasteiger partial charge on any atom is 0.743 e. The van der Waals surface area contributed by atoms with E-state index < -0.39 is 15.0 Å². The van der Waals surface area contributed by atoms with Crippen molar-refractivity contribution < 1.29 is 23.6 Å². The molecular weight excluding hydrogens is 204 g/mol. The highest BCUT2D eigenvalue weighted by molar-refractivity contribution is 6.51. The molecular formula is C8H10O5Si. The van der Waals surface area contributed by atoms with Gasteiger partial charge < -0.3 is 18.8 Å². The van der Waals surface area contributed by atoms with Gasteiger partial charge in [-0.1, -0.05) is 18.2 Å². The Labute approximate surface area is 81.7 Å². The van der Waals surface area contributed by atoms with Crippen LogP contribution in [-0.2, 0) is 4.43 Å². The average molecular weight is 214 g/mol. The van der Waals surface area contributed by atoms with E-state index in [9.17, 15) is 4.79 Å². The SMILES string of the molecule is Cc1ccccc1C(=O)O[Si](O)(O)O. The molecule has 1 aromatic rings. The molecule has 0 aliphatic carbocycles. The predicted molar refractivity (Wildman–Crippen MR) is 49.0 cm³/mol. The van der Waals surface area contributed by atoms with Crippen LogP contribution in [0.25, 0.3) is 0 Å². The molecule has 0 spiro atoms. The Kier molecular flexibility index (Phi) is 3.02. The number of carbonyl (C=O) groups excluding carboxylic acids is 1. The molecule has 0 amide bonds. The standard InChI is InChI=1S/C8H10O5Si/c1-6-4-2-3-5-7(6)8(9)13-14(10,11)12/h2-5,10-12H,1H3. The second-order valence-electron chi connectivity index (χ2n) is 2.78. The summed E-state index contributed by atoms with van der Waals surface area (Å²) in [5.41, 5.74) is 0.831. The third kappa shape index (κ3) is 2.93. The molecule has 0 bridgehead atoms. The van der Waals surface area contributed by atoms with Crippen molar-refractivity contribution in [3.8, 4) is 0 Å².